The number of hydrogen-bond acceptors (Lipinski definition) is 1. The van der Waals surface area contributed by atoms with Crippen LogP contribution in [0.1, 0.15) is 51.0 Å². The van der Waals surface area contributed by atoms with Crippen LogP contribution in [0.2, 0.25) is 0 Å². The number of alkyl halides is 1. The zero-order chi connectivity index (χ0) is 17.3. The summed E-state index contributed by atoms with van der Waals surface area (Å²) < 4.78 is 16.0. The van der Waals surface area contributed by atoms with Gasteiger partial charge in [0.15, 0.2) is 0 Å². The Morgan fingerprint density at radius 3 is 2.52 bits per heavy atom. The van der Waals surface area contributed by atoms with Crippen molar-refractivity contribution in [3.63, 3.8) is 0 Å². The molecule has 3 atom stereocenters. The van der Waals surface area contributed by atoms with E-state index in [1.807, 2.05) is 30.4 Å². The van der Waals surface area contributed by atoms with Gasteiger partial charge in [0.1, 0.15) is 5.67 Å². The number of nitrogens with zero attached hydrogens (tertiary/aromatic N) is 1. The third-order valence-electron chi connectivity index (χ3n) is 6.67. The number of likely N-dealkylation sites (tertiary alicyclic amines) is 1. The maximum atomic E-state index is 16.0. The lowest BCUT2D eigenvalue weighted by atomic mass is 9.72. The minimum Gasteiger partial charge on any atom is -0.300 e. The highest BCUT2D eigenvalue weighted by atomic mass is 19.1. The van der Waals surface area contributed by atoms with E-state index in [9.17, 15) is 0 Å². The lowest BCUT2D eigenvalue weighted by Gasteiger charge is -2.44. The average molecular weight is 339 g/mol. The molecule has 1 heterocycles. The Morgan fingerprint density at radius 1 is 1.04 bits per heavy atom. The van der Waals surface area contributed by atoms with Crippen LogP contribution in [-0.4, -0.2) is 29.7 Å². The Morgan fingerprint density at radius 2 is 1.80 bits per heavy atom. The van der Waals surface area contributed by atoms with Gasteiger partial charge in [-0.05, 0) is 49.4 Å². The van der Waals surface area contributed by atoms with E-state index >= 15 is 4.39 Å². The highest BCUT2D eigenvalue weighted by Gasteiger charge is 2.45. The maximum absolute atomic E-state index is 16.0. The first-order chi connectivity index (χ1) is 12.2. The van der Waals surface area contributed by atoms with E-state index in [0.29, 0.717) is 6.04 Å². The van der Waals surface area contributed by atoms with Crippen LogP contribution >= 0.6 is 0 Å². The molecule has 1 saturated heterocycles. The molecule has 134 valence electrons. The van der Waals surface area contributed by atoms with Crippen molar-refractivity contribution in [3.05, 3.63) is 54.1 Å². The van der Waals surface area contributed by atoms with Crippen LogP contribution in [-0.2, 0) is 0 Å². The summed E-state index contributed by atoms with van der Waals surface area (Å²) in [5.74, 6) is 0.0582. The van der Waals surface area contributed by atoms with Crippen molar-refractivity contribution in [2.24, 2.45) is 11.8 Å². The molecule has 3 unspecified atom stereocenters. The van der Waals surface area contributed by atoms with Gasteiger partial charge in [-0.25, -0.2) is 4.39 Å². The molecule has 0 N–H and O–H groups in total. The summed E-state index contributed by atoms with van der Waals surface area (Å²) in [5.41, 5.74) is 1.14. The third kappa shape index (κ3) is 3.33. The smallest absolute Gasteiger partial charge is 0.139 e. The Labute approximate surface area is 151 Å². The molecule has 1 aliphatic heterocycles. The fourth-order valence-electron chi connectivity index (χ4n) is 5.12. The van der Waals surface area contributed by atoms with Crippen LogP contribution in [0.15, 0.2) is 48.6 Å². The summed E-state index contributed by atoms with van der Waals surface area (Å²) >= 11 is 0. The fraction of sp³-hybridized carbons (Fsp3) is 0.565. The Kier molecular flexibility index (Phi) is 4.82. The quantitative estimate of drug-likeness (QED) is 0.689. The van der Waals surface area contributed by atoms with Crippen LogP contribution in [0.5, 0.6) is 0 Å². The number of rotatable bonds is 3. The van der Waals surface area contributed by atoms with Gasteiger partial charge < -0.3 is 0 Å². The fourth-order valence-corrected chi connectivity index (χ4v) is 5.12. The number of allylic oxidation sites excluding steroid dienone is 4. The second-order valence-electron chi connectivity index (χ2n) is 8.21. The van der Waals surface area contributed by atoms with Crippen molar-refractivity contribution in [1.82, 2.24) is 4.90 Å². The zero-order valence-electron chi connectivity index (χ0n) is 15.3. The molecule has 2 fully saturated rings. The van der Waals surface area contributed by atoms with Crippen LogP contribution in [0.4, 0.5) is 4.39 Å². The summed E-state index contributed by atoms with van der Waals surface area (Å²) in [6, 6.07) is 11.1. The van der Waals surface area contributed by atoms with Crippen molar-refractivity contribution < 1.29 is 4.39 Å². The van der Waals surface area contributed by atoms with E-state index in [1.54, 1.807) is 0 Å². The molecular weight excluding hydrogens is 309 g/mol. The highest BCUT2D eigenvalue weighted by molar-refractivity contribution is 5.75. The SMILES string of the molecule is CC1C=C(c2ccccc2)C=CC1(F)C1CCCN(C2CCCC2)C1. The van der Waals surface area contributed by atoms with Crippen molar-refractivity contribution >= 4 is 5.57 Å². The molecule has 1 nitrogen and oxygen atoms in total. The van der Waals surface area contributed by atoms with Gasteiger partial charge in [0, 0.05) is 24.4 Å². The lowest BCUT2D eigenvalue weighted by molar-refractivity contribution is 0.0204. The molecule has 2 heteroatoms. The minimum atomic E-state index is -1.20. The first kappa shape index (κ1) is 17.0. The summed E-state index contributed by atoms with van der Waals surface area (Å²) in [5, 5.41) is 0. The van der Waals surface area contributed by atoms with Gasteiger partial charge in [-0.3, -0.25) is 4.90 Å². The summed E-state index contributed by atoms with van der Waals surface area (Å²) in [6.07, 6.45) is 13.5. The van der Waals surface area contributed by atoms with E-state index in [1.165, 1.54) is 37.8 Å². The number of hydrogen-bond donors (Lipinski definition) is 0. The van der Waals surface area contributed by atoms with Crippen molar-refractivity contribution in [1.29, 1.82) is 0 Å². The molecule has 0 radical (unpaired) electrons. The van der Waals surface area contributed by atoms with Gasteiger partial charge in [-0.15, -0.1) is 0 Å². The topological polar surface area (TPSA) is 3.24 Å². The first-order valence-electron chi connectivity index (χ1n) is 10.1. The normalized spacial score (nSPS) is 34.2. The van der Waals surface area contributed by atoms with Crippen LogP contribution in [0.25, 0.3) is 5.57 Å². The van der Waals surface area contributed by atoms with Gasteiger partial charge in [0.05, 0.1) is 0 Å². The zero-order valence-corrected chi connectivity index (χ0v) is 15.3. The molecule has 0 spiro atoms. The van der Waals surface area contributed by atoms with Crippen LogP contribution < -0.4 is 0 Å². The van der Waals surface area contributed by atoms with Crippen molar-refractivity contribution in [2.75, 3.05) is 13.1 Å². The molecule has 25 heavy (non-hydrogen) atoms. The standard InChI is InChI=1S/C23H30FN/c1-18-16-20(19-8-3-2-4-9-19)13-14-23(18,24)21-10-7-15-25(17-21)22-11-5-6-12-22/h2-4,8-9,13-14,16,18,21-22H,5-7,10-12,15,17H2,1H3. The van der Waals surface area contributed by atoms with Gasteiger partial charge in [0.25, 0.3) is 0 Å². The maximum Gasteiger partial charge on any atom is 0.139 e. The molecule has 3 aliphatic rings. The van der Waals surface area contributed by atoms with Gasteiger partial charge in [-0.1, -0.05) is 62.2 Å². The number of halogens is 1. The second-order valence-corrected chi connectivity index (χ2v) is 8.21. The number of piperidine rings is 1. The Hall–Kier alpha value is -1.41. The molecule has 0 aromatic heterocycles. The molecule has 1 aromatic carbocycles. The van der Waals surface area contributed by atoms with Gasteiger partial charge >= 0.3 is 0 Å². The van der Waals surface area contributed by atoms with E-state index in [-0.39, 0.29) is 11.8 Å². The molecule has 2 aliphatic carbocycles. The predicted octanol–water partition coefficient (Wildman–Crippen LogP) is 5.64. The van der Waals surface area contributed by atoms with Crippen LogP contribution in [0, 0.1) is 11.8 Å². The molecule has 0 bridgehead atoms. The lowest BCUT2D eigenvalue weighted by Crippen LogP contribution is -2.50. The Balaban J connectivity index is 1.50. The first-order valence-corrected chi connectivity index (χ1v) is 10.1. The predicted molar refractivity (Wildman–Crippen MR) is 103 cm³/mol. The monoisotopic (exact) mass is 339 g/mol. The highest BCUT2D eigenvalue weighted by Crippen LogP contribution is 2.43. The van der Waals surface area contributed by atoms with Gasteiger partial charge in [0.2, 0.25) is 0 Å². The molecular formula is C23H30FN. The second kappa shape index (κ2) is 7.07. The van der Waals surface area contributed by atoms with E-state index in [4.69, 9.17) is 0 Å². The summed E-state index contributed by atoms with van der Waals surface area (Å²) in [7, 11) is 0. The van der Waals surface area contributed by atoms with Crippen LogP contribution in [0.3, 0.4) is 0 Å². The minimum absolute atomic E-state index is 0.0683. The molecule has 1 aromatic rings. The molecule has 1 saturated carbocycles. The van der Waals surface area contributed by atoms with E-state index in [2.05, 4.69) is 30.0 Å². The largest absolute Gasteiger partial charge is 0.300 e. The van der Waals surface area contributed by atoms with Crippen molar-refractivity contribution in [2.45, 2.75) is 57.2 Å². The third-order valence-corrected chi connectivity index (χ3v) is 6.67. The summed E-state index contributed by atoms with van der Waals surface area (Å²) in [4.78, 5) is 2.60. The molecule has 0 amide bonds. The van der Waals surface area contributed by atoms with E-state index in [0.717, 1.165) is 25.0 Å². The summed E-state index contributed by atoms with van der Waals surface area (Å²) in [6.45, 7) is 4.16. The van der Waals surface area contributed by atoms with Crippen molar-refractivity contribution in [3.8, 4) is 0 Å². The number of benzene rings is 1. The van der Waals surface area contributed by atoms with E-state index < -0.39 is 5.67 Å². The molecule has 4 rings (SSSR count). The Bertz CT molecular complexity index is 643. The van der Waals surface area contributed by atoms with Gasteiger partial charge in [-0.2, -0.15) is 0 Å². The average Bonchev–Trinajstić information content (AvgIpc) is 3.20.